The van der Waals surface area contributed by atoms with Gasteiger partial charge in [0.25, 0.3) is 0 Å². The number of anilines is 4. The first kappa shape index (κ1) is 18.7. The standard InChI is InChI=1S/C21H20N4O4/c1-21(2,19(28)24-11-17(26)22-13-7-3-5-9-15(13)24)20(29)25-12-18(27)23-14-8-4-6-10-16(14)25/h3-10H,11-12H2,1-2H3,(H,22,26)(H,23,27). The van der Waals surface area contributed by atoms with Gasteiger partial charge in [0.1, 0.15) is 18.5 Å². The normalized spacial score (nSPS) is 15.8. The quantitative estimate of drug-likeness (QED) is 0.764. The molecule has 29 heavy (non-hydrogen) atoms. The van der Waals surface area contributed by atoms with E-state index in [4.69, 9.17) is 0 Å². The predicted octanol–water partition coefficient (Wildman–Crippen LogP) is 1.98. The first-order valence-electron chi connectivity index (χ1n) is 9.21. The molecule has 2 heterocycles. The molecule has 0 aromatic heterocycles. The van der Waals surface area contributed by atoms with Crippen LogP contribution in [0.4, 0.5) is 22.7 Å². The molecule has 0 unspecified atom stereocenters. The Hall–Kier alpha value is -3.68. The maximum Gasteiger partial charge on any atom is 0.244 e. The Morgan fingerprint density at radius 1 is 0.759 bits per heavy atom. The number of fused-ring (bicyclic) bond motifs is 2. The first-order valence-corrected chi connectivity index (χ1v) is 9.21. The molecule has 0 radical (unpaired) electrons. The van der Waals surface area contributed by atoms with E-state index in [0.717, 1.165) is 0 Å². The second-order valence-corrected chi connectivity index (χ2v) is 7.54. The number of nitrogens with one attached hydrogen (secondary N) is 2. The molecular formula is C21H20N4O4. The van der Waals surface area contributed by atoms with Crippen molar-refractivity contribution in [1.82, 2.24) is 0 Å². The van der Waals surface area contributed by atoms with Crippen LogP contribution in [0.25, 0.3) is 0 Å². The van der Waals surface area contributed by atoms with E-state index in [9.17, 15) is 19.2 Å². The molecule has 0 spiro atoms. The Balaban J connectivity index is 1.69. The number of hydrogen-bond acceptors (Lipinski definition) is 4. The third kappa shape index (κ3) is 3.12. The number of para-hydroxylation sites is 4. The molecule has 0 aliphatic carbocycles. The van der Waals surface area contributed by atoms with Crippen molar-refractivity contribution >= 4 is 46.4 Å². The molecule has 4 rings (SSSR count). The molecule has 2 aliphatic heterocycles. The highest BCUT2D eigenvalue weighted by Gasteiger charge is 2.45. The van der Waals surface area contributed by atoms with E-state index in [2.05, 4.69) is 10.6 Å². The number of nitrogens with zero attached hydrogens (tertiary/aromatic N) is 2. The van der Waals surface area contributed by atoms with Gasteiger partial charge in [-0.05, 0) is 38.1 Å². The van der Waals surface area contributed by atoms with E-state index >= 15 is 0 Å². The molecule has 0 saturated heterocycles. The summed E-state index contributed by atoms with van der Waals surface area (Å²) in [6, 6.07) is 13.9. The van der Waals surface area contributed by atoms with Gasteiger partial charge in [-0.3, -0.25) is 19.2 Å². The van der Waals surface area contributed by atoms with Crippen molar-refractivity contribution in [2.75, 3.05) is 33.5 Å². The summed E-state index contributed by atoms with van der Waals surface area (Å²) in [5, 5.41) is 5.45. The zero-order chi connectivity index (χ0) is 20.8. The van der Waals surface area contributed by atoms with E-state index in [1.54, 1.807) is 48.5 Å². The summed E-state index contributed by atoms with van der Waals surface area (Å²) in [5.74, 6) is -1.67. The third-order valence-corrected chi connectivity index (χ3v) is 5.10. The van der Waals surface area contributed by atoms with Gasteiger partial charge in [0.05, 0.1) is 22.7 Å². The van der Waals surface area contributed by atoms with E-state index in [0.29, 0.717) is 22.7 Å². The van der Waals surface area contributed by atoms with Crippen LogP contribution in [0.3, 0.4) is 0 Å². The molecule has 8 nitrogen and oxygen atoms in total. The first-order chi connectivity index (χ1) is 13.8. The van der Waals surface area contributed by atoms with E-state index in [-0.39, 0.29) is 24.9 Å². The van der Waals surface area contributed by atoms with Crippen molar-refractivity contribution in [3.05, 3.63) is 48.5 Å². The topological polar surface area (TPSA) is 98.8 Å². The van der Waals surface area contributed by atoms with Gasteiger partial charge in [0.15, 0.2) is 0 Å². The molecule has 8 heteroatoms. The van der Waals surface area contributed by atoms with E-state index in [1.165, 1.54) is 23.6 Å². The van der Waals surface area contributed by atoms with Gasteiger partial charge in [-0.15, -0.1) is 0 Å². The lowest BCUT2D eigenvalue weighted by Crippen LogP contribution is -2.55. The summed E-state index contributed by atoms with van der Waals surface area (Å²) in [6.07, 6.45) is 0. The lowest BCUT2D eigenvalue weighted by molar-refractivity contribution is -0.139. The minimum absolute atomic E-state index is 0.177. The van der Waals surface area contributed by atoms with Gasteiger partial charge in [-0.2, -0.15) is 0 Å². The van der Waals surface area contributed by atoms with Gasteiger partial charge in [0, 0.05) is 0 Å². The van der Waals surface area contributed by atoms with Crippen molar-refractivity contribution in [3.8, 4) is 0 Å². The molecular weight excluding hydrogens is 372 g/mol. The second kappa shape index (κ2) is 6.73. The number of carbonyl (C=O) groups is 4. The van der Waals surface area contributed by atoms with Crippen LogP contribution in [-0.4, -0.2) is 36.7 Å². The zero-order valence-corrected chi connectivity index (χ0v) is 16.1. The summed E-state index contributed by atoms with van der Waals surface area (Å²) in [6.45, 7) is 2.68. The summed E-state index contributed by atoms with van der Waals surface area (Å²) in [4.78, 5) is 53.6. The molecule has 0 fully saturated rings. The number of hydrogen-bond donors (Lipinski definition) is 2. The summed E-state index contributed by atoms with van der Waals surface area (Å²) in [7, 11) is 0. The molecule has 148 valence electrons. The third-order valence-electron chi connectivity index (χ3n) is 5.10. The number of benzene rings is 2. The highest BCUT2D eigenvalue weighted by atomic mass is 16.2. The van der Waals surface area contributed by atoms with Crippen LogP contribution in [0.15, 0.2) is 48.5 Å². The summed E-state index contributed by atoms with van der Waals surface area (Å²) >= 11 is 0. The second-order valence-electron chi connectivity index (χ2n) is 7.54. The monoisotopic (exact) mass is 392 g/mol. The fourth-order valence-electron chi connectivity index (χ4n) is 3.60. The van der Waals surface area contributed by atoms with Crippen LogP contribution in [0, 0.1) is 5.41 Å². The minimum atomic E-state index is -1.49. The minimum Gasteiger partial charge on any atom is -0.323 e. The average Bonchev–Trinajstić information content (AvgIpc) is 2.71. The molecule has 0 saturated carbocycles. The van der Waals surface area contributed by atoms with Gasteiger partial charge in [-0.25, -0.2) is 0 Å². The average molecular weight is 392 g/mol. The Labute approximate surface area is 167 Å². The van der Waals surface area contributed by atoms with Crippen molar-refractivity contribution in [2.24, 2.45) is 5.41 Å². The number of amides is 4. The van der Waals surface area contributed by atoms with Crippen molar-refractivity contribution < 1.29 is 19.2 Å². The Morgan fingerprint density at radius 2 is 1.14 bits per heavy atom. The van der Waals surface area contributed by atoms with Gasteiger partial charge in [0.2, 0.25) is 23.6 Å². The van der Waals surface area contributed by atoms with Crippen LogP contribution in [0.1, 0.15) is 13.8 Å². The maximum absolute atomic E-state index is 13.4. The Bertz CT molecular complexity index is 965. The SMILES string of the molecule is CC(C)(C(=O)N1CC(=O)Nc2ccccc21)C(=O)N1CC(=O)Nc2ccccc21. The molecule has 2 aromatic rings. The van der Waals surface area contributed by atoms with Crippen LogP contribution in [0.5, 0.6) is 0 Å². The van der Waals surface area contributed by atoms with E-state index < -0.39 is 17.2 Å². The largest absolute Gasteiger partial charge is 0.323 e. The molecule has 0 bridgehead atoms. The summed E-state index contributed by atoms with van der Waals surface area (Å²) < 4.78 is 0. The van der Waals surface area contributed by atoms with Crippen molar-refractivity contribution in [2.45, 2.75) is 13.8 Å². The highest BCUT2D eigenvalue weighted by Crippen LogP contribution is 2.36. The number of carbonyl (C=O) groups excluding carboxylic acids is 4. The molecule has 2 aliphatic rings. The van der Waals surface area contributed by atoms with Crippen LogP contribution >= 0.6 is 0 Å². The van der Waals surface area contributed by atoms with Crippen LogP contribution in [0.2, 0.25) is 0 Å². The van der Waals surface area contributed by atoms with Crippen LogP contribution < -0.4 is 20.4 Å². The summed E-state index contributed by atoms with van der Waals surface area (Å²) in [5.41, 5.74) is 0.616. The predicted molar refractivity (Wildman–Crippen MR) is 109 cm³/mol. The Kier molecular flexibility index (Phi) is 4.34. The fourth-order valence-corrected chi connectivity index (χ4v) is 3.60. The van der Waals surface area contributed by atoms with E-state index in [1.807, 2.05) is 0 Å². The van der Waals surface area contributed by atoms with Gasteiger partial charge >= 0.3 is 0 Å². The maximum atomic E-state index is 13.4. The van der Waals surface area contributed by atoms with Crippen molar-refractivity contribution in [1.29, 1.82) is 0 Å². The van der Waals surface area contributed by atoms with Gasteiger partial charge in [-0.1, -0.05) is 24.3 Å². The lowest BCUT2D eigenvalue weighted by Gasteiger charge is -2.38. The molecule has 2 N–H and O–H groups in total. The zero-order valence-electron chi connectivity index (χ0n) is 16.1. The molecule has 4 amide bonds. The highest BCUT2D eigenvalue weighted by molar-refractivity contribution is 6.22. The fraction of sp³-hybridized carbons (Fsp3) is 0.238. The molecule has 0 atom stereocenters. The lowest BCUT2D eigenvalue weighted by atomic mass is 9.88. The molecule has 2 aromatic carbocycles. The Morgan fingerprint density at radius 3 is 1.55 bits per heavy atom. The van der Waals surface area contributed by atoms with Crippen LogP contribution in [-0.2, 0) is 19.2 Å². The smallest absolute Gasteiger partial charge is 0.244 e. The van der Waals surface area contributed by atoms with Gasteiger partial charge < -0.3 is 20.4 Å². The number of rotatable bonds is 2. The van der Waals surface area contributed by atoms with Crippen molar-refractivity contribution in [3.63, 3.8) is 0 Å².